The molecule has 0 heterocycles. The van der Waals surface area contributed by atoms with Crippen molar-refractivity contribution in [1.82, 2.24) is 0 Å². The first-order valence-electron chi connectivity index (χ1n) is 5.61. The average molecular weight is 233 g/mol. The van der Waals surface area contributed by atoms with E-state index in [0.29, 0.717) is 17.2 Å². The van der Waals surface area contributed by atoms with E-state index in [1.165, 1.54) is 7.11 Å². The summed E-state index contributed by atoms with van der Waals surface area (Å²) in [6, 6.07) is 6.76. The molecule has 90 valence electrons. The van der Waals surface area contributed by atoms with Gasteiger partial charge in [-0.05, 0) is 30.5 Å². The van der Waals surface area contributed by atoms with Crippen LogP contribution >= 0.6 is 0 Å². The van der Waals surface area contributed by atoms with E-state index in [4.69, 9.17) is 0 Å². The van der Waals surface area contributed by atoms with Gasteiger partial charge in [0.1, 0.15) is 0 Å². The first-order valence-corrected chi connectivity index (χ1v) is 5.61. The molecule has 1 fully saturated rings. The Morgan fingerprint density at radius 2 is 2.12 bits per heavy atom. The minimum Gasteiger partial charge on any atom is -0.465 e. The molecule has 0 radical (unpaired) electrons. The monoisotopic (exact) mass is 233 g/mol. The van der Waals surface area contributed by atoms with Crippen molar-refractivity contribution in [2.45, 2.75) is 13.3 Å². The largest absolute Gasteiger partial charge is 0.465 e. The summed E-state index contributed by atoms with van der Waals surface area (Å²) >= 11 is 0. The fraction of sp³-hybridized carbons (Fsp3) is 0.385. The van der Waals surface area contributed by atoms with Crippen molar-refractivity contribution in [3.63, 3.8) is 0 Å². The lowest BCUT2D eigenvalue weighted by molar-refractivity contribution is -0.117. The van der Waals surface area contributed by atoms with Gasteiger partial charge in [0.15, 0.2) is 0 Å². The number of amides is 1. The van der Waals surface area contributed by atoms with Crippen LogP contribution < -0.4 is 5.32 Å². The maximum Gasteiger partial charge on any atom is 0.337 e. The van der Waals surface area contributed by atoms with Gasteiger partial charge in [-0.25, -0.2) is 4.79 Å². The number of rotatable bonds is 3. The number of hydrogen-bond donors (Lipinski definition) is 1. The van der Waals surface area contributed by atoms with Crippen LogP contribution in [0.25, 0.3) is 0 Å². The molecule has 1 aliphatic carbocycles. The maximum atomic E-state index is 11.7. The molecule has 1 N–H and O–H groups in total. The van der Waals surface area contributed by atoms with Crippen LogP contribution in [0.2, 0.25) is 0 Å². The minimum atomic E-state index is -0.402. The van der Waals surface area contributed by atoms with Gasteiger partial charge >= 0.3 is 5.97 Å². The molecule has 1 aromatic rings. The highest BCUT2D eigenvalue weighted by Gasteiger charge is 2.39. The zero-order valence-corrected chi connectivity index (χ0v) is 9.90. The Kier molecular flexibility index (Phi) is 3.13. The molecule has 1 saturated carbocycles. The number of hydrogen-bond acceptors (Lipinski definition) is 3. The zero-order valence-electron chi connectivity index (χ0n) is 9.90. The fourth-order valence-electron chi connectivity index (χ4n) is 1.76. The Hall–Kier alpha value is -1.84. The van der Waals surface area contributed by atoms with Crippen LogP contribution in [-0.4, -0.2) is 19.0 Å². The van der Waals surface area contributed by atoms with Crippen LogP contribution in [0.1, 0.15) is 23.7 Å². The number of methoxy groups -OCH3 is 1. The van der Waals surface area contributed by atoms with Crippen LogP contribution in [0.4, 0.5) is 5.69 Å². The highest BCUT2D eigenvalue weighted by molar-refractivity contribution is 5.96. The van der Waals surface area contributed by atoms with Crippen molar-refractivity contribution >= 4 is 17.6 Å². The Morgan fingerprint density at radius 1 is 1.41 bits per heavy atom. The molecule has 17 heavy (non-hydrogen) atoms. The normalized spacial score (nSPS) is 21.8. The van der Waals surface area contributed by atoms with Crippen molar-refractivity contribution in [3.05, 3.63) is 29.8 Å². The highest BCUT2D eigenvalue weighted by Crippen LogP contribution is 2.38. The third kappa shape index (κ3) is 2.64. The zero-order chi connectivity index (χ0) is 12.4. The lowest BCUT2D eigenvalue weighted by atomic mass is 10.2. The molecule has 2 rings (SSSR count). The third-order valence-corrected chi connectivity index (χ3v) is 3.00. The molecule has 0 bridgehead atoms. The Labute approximate surface area is 100.0 Å². The Bertz CT molecular complexity index is 456. The van der Waals surface area contributed by atoms with Gasteiger partial charge in [-0.15, -0.1) is 0 Å². The Balaban J connectivity index is 2.06. The molecule has 1 aliphatic rings. The summed E-state index contributed by atoms with van der Waals surface area (Å²) in [5.41, 5.74) is 1.08. The molecule has 0 unspecified atom stereocenters. The molecule has 1 amide bonds. The summed E-state index contributed by atoms with van der Waals surface area (Å²) in [6.07, 6.45) is 0.947. The fourth-order valence-corrected chi connectivity index (χ4v) is 1.76. The second-order valence-corrected chi connectivity index (χ2v) is 4.38. The number of benzene rings is 1. The number of nitrogens with one attached hydrogen (secondary N) is 1. The van der Waals surface area contributed by atoms with Crippen molar-refractivity contribution in [2.24, 2.45) is 11.8 Å². The lowest BCUT2D eigenvalue weighted by Gasteiger charge is -2.06. The van der Waals surface area contributed by atoms with Crippen LogP contribution in [0, 0.1) is 11.8 Å². The summed E-state index contributed by atoms with van der Waals surface area (Å²) in [4.78, 5) is 23.0. The number of ether oxygens (including phenoxy) is 1. The van der Waals surface area contributed by atoms with Crippen molar-refractivity contribution in [1.29, 1.82) is 0 Å². The van der Waals surface area contributed by atoms with Gasteiger partial charge in [0.25, 0.3) is 0 Å². The molecule has 4 heteroatoms. The molecule has 2 atom stereocenters. The highest BCUT2D eigenvalue weighted by atomic mass is 16.5. The van der Waals surface area contributed by atoms with Crippen molar-refractivity contribution < 1.29 is 14.3 Å². The van der Waals surface area contributed by atoms with Gasteiger partial charge in [-0.3, -0.25) is 4.79 Å². The summed E-state index contributed by atoms with van der Waals surface area (Å²) in [5, 5.41) is 2.81. The number of esters is 1. The van der Waals surface area contributed by atoms with Crippen molar-refractivity contribution in [3.8, 4) is 0 Å². The number of anilines is 1. The summed E-state index contributed by atoms with van der Waals surface area (Å²) < 4.78 is 4.62. The summed E-state index contributed by atoms with van der Waals surface area (Å²) in [6.45, 7) is 2.05. The van der Waals surface area contributed by atoms with Crippen LogP contribution in [-0.2, 0) is 9.53 Å². The number of carbonyl (C=O) groups is 2. The van der Waals surface area contributed by atoms with E-state index in [2.05, 4.69) is 17.0 Å². The molecule has 0 aliphatic heterocycles. The smallest absolute Gasteiger partial charge is 0.337 e. The van der Waals surface area contributed by atoms with Gasteiger partial charge < -0.3 is 10.1 Å². The van der Waals surface area contributed by atoms with Gasteiger partial charge in [0.2, 0.25) is 5.91 Å². The minimum absolute atomic E-state index is 0.0273. The van der Waals surface area contributed by atoms with E-state index >= 15 is 0 Å². The molecule has 1 aromatic carbocycles. The van der Waals surface area contributed by atoms with E-state index in [9.17, 15) is 9.59 Å². The lowest BCUT2D eigenvalue weighted by Crippen LogP contribution is -2.14. The van der Waals surface area contributed by atoms with E-state index in [1.807, 2.05) is 0 Å². The van der Waals surface area contributed by atoms with E-state index < -0.39 is 5.97 Å². The molecule has 4 nitrogen and oxygen atoms in total. The molecule has 0 saturated heterocycles. The van der Waals surface area contributed by atoms with Gasteiger partial charge in [0, 0.05) is 11.6 Å². The first kappa shape index (κ1) is 11.6. The van der Waals surface area contributed by atoms with Gasteiger partial charge in [-0.2, -0.15) is 0 Å². The summed E-state index contributed by atoms with van der Waals surface area (Å²) in [5.74, 6) is 0.218. The Morgan fingerprint density at radius 3 is 2.71 bits per heavy atom. The maximum absolute atomic E-state index is 11.7. The average Bonchev–Trinajstić information content (AvgIpc) is 3.06. The molecule has 0 aromatic heterocycles. The van der Waals surface area contributed by atoms with Crippen LogP contribution in [0.15, 0.2) is 24.3 Å². The van der Waals surface area contributed by atoms with Gasteiger partial charge in [-0.1, -0.05) is 13.0 Å². The molecule has 0 spiro atoms. The predicted octanol–water partition coefficient (Wildman–Crippen LogP) is 2.07. The van der Waals surface area contributed by atoms with Crippen molar-refractivity contribution in [2.75, 3.05) is 12.4 Å². The second kappa shape index (κ2) is 4.57. The standard InChI is InChI=1S/C13H15NO3/c1-8-6-11(8)12(15)14-10-5-3-4-9(7-10)13(16)17-2/h3-5,7-8,11H,6H2,1-2H3,(H,14,15)/t8-,11-/m0/s1. The number of carbonyl (C=O) groups excluding carboxylic acids is 2. The SMILES string of the molecule is COC(=O)c1cccc(NC(=O)[C@H]2C[C@@H]2C)c1. The van der Waals surface area contributed by atoms with E-state index in [1.54, 1.807) is 24.3 Å². The van der Waals surface area contributed by atoms with E-state index in [-0.39, 0.29) is 11.8 Å². The van der Waals surface area contributed by atoms with E-state index in [0.717, 1.165) is 6.42 Å². The first-order chi connectivity index (χ1) is 8.11. The predicted molar refractivity (Wildman–Crippen MR) is 63.7 cm³/mol. The quantitative estimate of drug-likeness (QED) is 0.813. The van der Waals surface area contributed by atoms with Crippen LogP contribution in [0.5, 0.6) is 0 Å². The van der Waals surface area contributed by atoms with Gasteiger partial charge in [0.05, 0.1) is 12.7 Å². The summed E-state index contributed by atoms with van der Waals surface area (Å²) in [7, 11) is 1.33. The second-order valence-electron chi connectivity index (χ2n) is 4.38. The topological polar surface area (TPSA) is 55.4 Å². The molecular formula is C13H15NO3. The molecular weight excluding hydrogens is 218 g/mol. The van der Waals surface area contributed by atoms with Crippen LogP contribution in [0.3, 0.4) is 0 Å². The third-order valence-electron chi connectivity index (χ3n) is 3.00.